The van der Waals surface area contributed by atoms with Gasteiger partial charge in [-0.05, 0) is 69.0 Å². The van der Waals surface area contributed by atoms with Gasteiger partial charge < -0.3 is 5.11 Å². The largest absolute Gasteiger partial charge is 0.481 e. The van der Waals surface area contributed by atoms with Gasteiger partial charge in [0.15, 0.2) is 0 Å². The normalized spacial score (nSPS) is 18.4. The summed E-state index contributed by atoms with van der Waals surface area (Å²) >= 11 is 8.76. The van der Waals surface area contributed by atoms with Crippen molar-refractivity contribution in [3.8, 4) is 0 Å². The number of carboxylic acids is 1. The number of aryl methyl sites for hydroxylation is 1. The Labute approximate surface area is 134 Å². The maximum absolute atomic E-state index is 11.1. The van der Waals surface area contributed by atoms with Gasteiger partial charge in [0.1, 0.15) is 0 Å². The standard InChI is InChI=1S/C14H18Br2O2S/c15-11-8-10(19-13(11)16)4-7-14(9-12(17)18)5-2-1-3-6-14/h8H,1-7,9H2,(H,17,18). The molecule has 19 heavy (non-hydrogen) atoms. The van der Waals surface area contributed by atoms with Crippen molar-refractivity contribution in [3.05, 3.63) is 19.2 Å². The highest BCUT2D eigenvalue weighted by atomic mass is 79.9. The van der Waals surface area contributed by atoms with E-state index in [4.69, 9.17) is 5.11 Å². The number of hydrogen-bond acceptors (Lipinski definition) is 2. The van der Waals surface area contributed by atoms with E-state index in [2.05, 4.69) is 37.9 Å². The first kappa shape index (κ1) is 15.5. The maximum Gasteiger partial charge on any atom is 0.303 e. The second kappa shape index (κ2) is 6.72. The molecule has 1 aromatic heterocycles. The van der Waals surface area contributed by atoms with Crippen molar-refractivity contribution in [2.75, 3.05) is 0 Å². The molecule has 1 saturated carbocycles. The van der Waals surface area contributed by atoms with Crippen LogP contribution in [0.1, 0.15) is 49.8 Å². The SMILES string of the molecule is O=C(O)CC1(CCc2cc(Br)c(Br)s2)CCCCC1. The van der Waals surface area contributed by atoms with E-state index in [1.165, 1.54) is 24.1 Å². The van der Waals surface area contributed by atoms with Gasteiger partial charge in [-0.3, -0.25) is 4.79 Å². The van der Waals surface area contributed by atoms with E-state index in [9.17, 15) is 4.79 Å². The molecule has 0 aromatic carbocycles. The third-order valence-electron chi connectivity index (χ3n) is 4.04. The average Bonchev–Trinajstić information content (AvgIpc) is 2.67. The van der Waals surface area contributed by atoms with E-state index in [1.54, 1.807) is 11.3 Å². The summed E-state index contributed by atoms with van der Waals surface area (Å²) in [5.74, 6) is -0.643. The van der Waals surface area contributed by atoms with Crippen LogP contribution < -0.4 is 0 Å². The van der Waals surface area contributed by atoms with Gasteiger partial charge in [-0.25, -0.2) is 0 Å². The molecule has 0 unspecified atom stereocenters. The Morgan fingerprint density at radius 2 is 2.00 bits per heavy atom. The number of hydrogen-bond donors (Lipinski definition) is 1. The summed E-state index contributed by atoms with van der Waals surface area (Å²) in [6.07, 6.45) is 8.11. The minimum Gasteiger partial charge on any atom is -0.481 e. The van der Waals surface area contributed by atoms with E-state index >= 15 is 0 Å². The van der Waals surface area contributed by atoms with Crippen molar-refractivity contribution in [2.24, 2.45) is 5.41 Å². The van der Waals surface area contributed by atoms with Crippen LogP contribution in [0, 0.1) is 5.41 Å². The van der Waals surface area contributed by atoms with Crippen LogP contribution in [0.5, 0.6) is 0 Å². The molecule has 1 aliphatic carbocycles. The first-order valence-corrected chi connectivity index (χ1v) is 9.07. The zero-order chi connectivity index (χ0) is 13.9. The lowest BCUT2D eigenvalue weighted by Crippen LogP contribution is -2.28. The third kappa shape index (κ3) is 4.30. The molecule has 1 N–H and O–H groups in total. The monoisotopic (exact) mass is 408 g/mol. The Kier molecular flexibility index (Phi) is 5.49. The van der Waals surface area contributed by atoms with Gasteiger partial charge in [-0.15, -0.1) is 11.3 Å². The van der Waals surface area contributed by atoms with E-state index in [1.807, 2.05) is 0 Å². The molecule has 0 saturated heterocycles. The van der Waals surface area contributed by atoms with Crippen LogP contribution >= 0.6 is 43.2 Å². The van der Waals surface area contributed by atoms with Crippen LogP contribution in [0.25, 0.3) is 0 Å². The van der Waals surface area contributed by atoms with Crippen LogP contribution in [0.4, 0.5) is 0 Å². The van der Waals surface area contributed by atoms with Crippen molar-refractivity contribution in [2.45, 2.75) is 51.4 Å². The molecule has 5 heteroatoms. The molecule has 0 radical (unpaired) electrons. The summed E-state index contributed by atoms with van der Waals surface area (Å²) in [7, 11) is 0. The first-order valence-electron chi connectivity index (χ1n) is 6.66. The van der Waals surface area contributed by atoms with E-state index in [-0.39, 0.29) is 5.41 Å². The fourth-order valence-corrected chi connectivity index (χ4v) is 5.22. The van der Waals surface area contributed by atoms with Gasteiger partial charge in [-0.2, -0.15) is 0 Å². The summed E-state index contributed by atoms with van der Waals surface area (Å²) < 4.78 is 2.22. The Morgan fingerprint density at radius 1 is 1.32 bits per heavy atom. The van der Waals surface area contributed by atoms with Crippen molar-refractivity contribution in [3.63, 3.8) is 0 Å². The van der Waals surface area contributed by atoms with Gasteiger partial charge in [-0.1, -0.05) is 19.3 Å². The molecule has 106 valence electrons. The van der Waals surface area contributed by atoms with Gasteiger partial charge in [0.2, 0.25) is 0 Å². The molecular formula is C14H18Br2O2S. The van der Waals surface area contributed by atoms with Crippen molar-refractivity contribution in [1.29, 1.82) is 0 Å². The number of carboxylic acid groups (broad SMARTS) is 1. The fourth-order valence-electron chi connectivity index (χ4n) is 3.04. The molecule has 0 aliphatic heterocycles. The average molecular weight is 410 g/mol. The Bertz CT molecular complexity index is 431. The Morgan fingerprint density at radius 3 is 2.53 bits per heavy atom. The lowest BCUT2D eigenvalue weighted by Gasteiger charge is -2.36. The molecule has 0 atom stereocenters. The third-order valence-corrected chi connectivity index (χ3v) is 7.35. The number of aliphatic carboxylic acids is 1. The summed E-state index contributed by atoms with van der Waals surface area (Å²) in [4.78, 5) is 12.5. The number of halogens is 2. The Hall–Kier alpha value is 0.130. The number of rotatable bonds is 5. The lowest BCUT2D eigenvalue weighted by atomic mass is 9.69. The van der Waals surface area contributed by atoms with Gasteiger partial charge in [0.25, 0.3) is 0 Å². The zero-order valence-electron chi connectivity index (χ0n) is 10.8. The van der Waals surface area contributed by atoms with Crippen LogP contribution in [0.3, 0.4) is 0 Å². The summed E-state index contributed by atoms with van der Waals surface area (Å²) in [6, 6.07) is 2.14. The molecule has 1 aromatic rings. The van der Waals surface area contributed by atoms with E-state index in [0.29, 0.717) is 6.42 Å². The van der Waals surface area contributed by atoms with E-state index in [0.717, 1.165) is 33.9 Å². The van der Waals surface area contributed by atoms with Crippen molar-refractivity contribution in [1.82, 2.24) is 0 Å². The molecule has 1 aliphatic rings. The molecule has 1 heterocycles. The van der Waals surface area contributed by atoms with Gasteiger partial charge in [0, 0.05) is 9.35 Å². The lowest BCUT2D eigenvalue weighted by molar-refractivity contribution is -0.140. The molecular weight excluding hydrogens is 392 g/mol. The molecule has 1 fully saturated rings. The van der Waals surface area contributed by atoms with Crippen LogP contribution in [0.15, 0.2) is 14.3 Å². The summed E-state index contributed by atoms with van der Waals surface area (Å²) in [5, 5.41) is 9.16. The van der Waals surface area contributed by atoms with Crippen molar-refractivity contribution >= 4 is 49.2 Å². The molecule has 0 spiro atoms. The molecule has 0 bridgehead atoms. The molecule has 2 nitrogen and oxygen atoms in total. The molecule has 2 rings (SSSR count). The fraction of sp³-hybridized carbons (Fsp3) is 0.643. The summed E-state index contributed by atoms with van der Waals surface area (Å²) in [5.41, 5.74) is 0.0347. The topological polar surface area (TPSA) is 37.3 Å². The minimum atomic E-state index is -0.643. The predicted octanol–water partition coefficient (Wildman–Crippen LogP) is 5.63. The first-order chi connectivity index (χ1) is 9.01. The van der Waals surface area contributed by atoms with Crippen LogP contribution in [-0.4, -0.2) is 11.1 Å². The molecule has 0 amide bonds. The highest BCUT2D eigenvalue weighted by Crippen LogP contribution is 2.44. The quantitative estimate of drug-likeness (QED) is 0.683. The Balaban J connectivity index is 2.01. The highest BCUT2D eigenvalue weighted by Gasteiger charge is 2.34. The highest BCUT2D eigenvalue weighted by molar-refractivity contribution is 9.13. The smallest absolute Gasteiger partial charge is 0.303 e. The number of carbonyl (C=O) groups is 1. The van der Waals surface area contributed by atoms with Crippen LogP contribution in [0.2, 0.25) is 0 Å². The van der Waals surface area contributed by atoms with E-state index < -0.39 is 5.97 Å². The van der Waals surface area contributed by atoms with Crippen molar-refractivity contribution < 1.29 is 9.90 Å². The van der Waals surface area contributed by atoms with Crippen LogP contribution in [-0.2, 0) is 11.2 Å². The second-order valence-electron chi connectivity index (χ2n) is 5.47. The number of thiophene rings is 1. The zero-order valence-corrected chi connectivity index (χ0v) is 14.7. The summed E-state index contributed by atoms with van der Waals surface area (Å²) in [6.45, 7) is 0. The minimum absolute atomic E-state index is 0.0347. The van der Waals surface area contributed by atoms with Gasteiger partial charge in [0.05, 0.1) is 10.2 Å². The van der Waals surface area contributed by atoms with Gasteiger partial charge >= 0.3 is 5.97 Å². The predicted molar refractivity (Wildman–Crippen MR) is 85.8 cm³/mol. The second-order valence-corrected chi connectivity index (χ2v) is 8.77. The maximum atomic E-state index is 11.1.